The number of carbonyl (C=O) groups excluding carboxylic acids is 1. The molecule has 0 rings (SSSR count). The molecule has 0 radical (unpaired) electrons. The van der Waals surface area contributed by atoms with Gasteiger partial charge in [0.05, 0.1) is 0 Å². The summed E-state index contributed by atoms with van der Waals surface area (Å²) in [6, 6.07) is 0. The van der Waals surface area contributed by atoms with Gasteiger partial charge in [-0.15, -0.1) is 6.58 Å². The average molecular weight is 127 g/mol. The average Bonchev–Trinajstić information content (AvgIpc) is 1.63. The fraction of sp³-hybridized carbons (Fsp3) is 0.571. The second kappa shape index (κ2) is 2.67. The summed E-state index contributed by atoms with van der Waals surface area (Å²) in [5, 5.41) is 0. The Morgan fingerprint density at radius 2 is 2.22 bits per heavy atom. The maximum Gasteiger partial charge on any atom is 0.218 e. The van der Waals surface area contributed by atoms with Gasteiger partial charge in [-0.1, -0.05) is 19.9 Å². The van der Waals surface area contributed by atoms with Crippen molar-refractivity contribution in [2.45, 2.75) is 20.3 Å². The van der Waals surface area contributed by atoms with Crippen LogP contribution in [0.2, 0.25) is 0 Å². The molecular weight excluding hydrogens is 114 g/mol. The molecule has 9 heavy (non-hydrogen) atoms. The molecule has 2 heteroatoms. The third-order valence-corrected chi connectivity index (χ3v) is 1.18. The molecule has 0 aromatic carbocycles. The third-order valence-electron chi connectivity index (χ3n) is 1.18. The van der Waals surface area contributed by atoms with E-state index in [0.29, 0.717) is 6.42 Å². The number of hydrogen-bond acceptors (Lipinski definition) is 1. The largest absolute Gasteiger partial charge is 0.370 e. The molecule has 0 aliphatic rings. The van der Waals surface area contributed by atoms with Gasteiger partial charge in [-0.25, -0.2) is 0 Å². The lowest BCUT2D eigenvalue weighted by atomic mass is 9.89. The standard InChI is InChI=1S/C7H13NO/c1-4-7(2,3)5-6(8)9/h4H,1,5H2,2-3H3,(H2,8,9). The van der Waals surface area contributed by atoms with Crippen molar-refractivity contribution in [2.75, 3.05) is 0 Å². The van der Waals surface area contributed by atoms with E-state index in [2.05, 4.69) is 6.58 Å². The van der Waals surface area contributed by atoms with Crippen molar-refractivity contribution in [3.05, 3.63) is 12.7 Å². The van der Waals surface area contributed by atoms with Crippen LogP contribution in [0.1, 0.15) is 20.3 Å². The molecule has 2 N–H and O–H groups in total. The van der Waals surface area contributed by atoms with Crippen LogP contribution in [0.4, 0.5) is 0 Å². The molecule has 0 aliphatic heterocycles. The maximum atomic E-state index is 10.3. The highest BCUT2D eigenvalue weighted by molar-refractivity contribution is 5.74. The molecule has 52 valence electrons. The van der Waals surface area contributed by atoms with Crippen molar-refractivity contribution in [1.29, 1.82) is 0 Å². The smallest absolute Gasteiger partial charge is 0.218 e. The Balaban J connectivity index is 3.86. The Hall–Kier alpha value is -0.790. The van der Waals surface area contributed by atoms with E-state index in [1.165, 1.54) is 0 Å². The molecule has 0 spiro atoms. The first kappa shape index (κ1) is 8.21. The normalized spacial score (nSPS) is 10.9. The number of amides is 1. The third kappa shape index (κ3) is 3.76. The lowest BCUT2D eigenvalue weighted by molar-refractivity contribution is -0.119. The van der Waals surface area contributed by atoms with Gasteiger partial charge in [-0.05, 0) is 5.41 Å². The fourth-order valence-electron chi connectivity index (χ4n) is 0.521. The van der Waals surface area contributed by atoms with Crippen LogP contribution >= 0.6 is 0 Å². The van der Waals surface area contributed by atoms with Crippen LogP contribution in [0.3, 0.4) is 0 Å². The molecule has 0 heterocycles. The van der Waals surface area contributed by atoms with E-state index in [-0.39, 0.29) is 11.3 Å². The monoisotopic (exact) mass is 127 g/mol. The highest BCUT2D eigenvalue weighted by atomic mass is 16.1. The van der Waals surface area contributed by atoms with Crippen LogP contribution < -0.4 is 5.73 Å². The first-order valence-electron chi connectivity index (χ1n) is 2.90. The van der Waals surface area contributed by atoms with E-state index in [1.807, 2.05) is 13.8 Å². The van der Waals surface area contributed by atoms with Crippen LogP contribution in [-0.2, 0) is 4.79 Å². The highest BCUT2D eigenvalue weighted by Crippen LogP contribution is 2.19. The number of carbonyl (C=O) groups is 1. The molecule has 0 saturated carbocycles. The lowest BCUT2D eigenvalue weighted by Crippen LogP contribution is -2.20. The quantitative estimate of drug-likeness (QED) is 0.566. The Morgan fingerprint density at radius 3 is 2.33 bits per heavy atom. The molecule has 0 atom stereocenters. The summed E-state index contributed by atoms with van der Waals surface area (Å²) in [4.78, 5) is 10.3. The molecular formula is C7H13NO. The summed E-state index contributed by atoms with van der Waals surface area (Å²) in [6.45, 7) is 7.42. The SMILES string of the molecule is C=CC(C)(C)CC(N)=O. The first-order valence-corrected chi connectivity index (χ1v) is 2.90. The van der Waals surface area contributed by atoms with Gasteiger partial charge in [-0.3, -0.25) is 4.79 Å². The summed E-state index contributed by atoms with van der Waals surface area (Å²) in [7, 11) is 0. The van der Waals surface area contributed by atoms with Crippen LogP contribution in [0.25, 0.3) is 0 Å². The molecule has 0 fully saturated rings. The van der Waals surface area contributed by atoms with Gasteiger partial charge in [0, 0.05) is 6.42 Å². The minimum absolute atomic E-state index is 0.147. The van der Waals surface area contributed by atoms with Crippen molar-refractivity contribution in [3.63, 3.8) is 0 Å². The minimum Gasteiger partial charge on any atom is -0.370 e. The zero-order chi connectivity index (χ0) is 7.49. The number of rotatable bonds is 3. The molecule has 0 aromatic heterocycles. The fourth-order valence-corrected chi connectivity index (χ4v) is 0.521. The molecule has 0 saturated heterocycles. The second-order valence-corrected chi connectivity index (χ2v) is 2.84. The highest BCUT2D eigenvalue weighted by Gasteiger charge is 2.15. The van der Waals surface area contributed by atoms with Crippen LogP contribution in [0.15, 0.2) is 12.7 Å². The van der Waals surface area contributed by atoms with Crippen molar-refractivity contribution in [2.24, 2.45) is 11.1 Å². The summed E-state index contributed by atoms with van der Waals surface area (Å²) in [6.07, 6.45) is 2.11. The predicted molar refractivity (Wildman–Crippen MR) is 37.8 cm³/mol. The van der Waals surface area contributed by atoms with E-state index >= 15 is 0 Å². The zero-order valence-corrected chi connectivity index (χ0v) is 5.98. The van der Waals surface area contributed by atoms with Crippen molar-refractivity contribution in [1.82, 2.24) is 0 Å². The molecule has 2 nitrogen and oxygen atoms in total. The molecule has 0 aliphatic carbocycles. The lowest BCUT2D eigenvalue weighted by Gasteiger charge is -2.15. The maximum absolute atomic E-state index is 10.3. The van der Waals surface area contributed by atoms with Crippen molar-refractivity contribution >= 4 is 5.91 Å². The summed E-state index contributed by atoms with van der Waals surface area (Å²) < 4.78 is 0. The predicted octanol–water partition coefficient (Wildman–Crippen LogP) is 1.07. The minimum atomic E-state index is -0.278. The first-order chi connectivity index (χ1) is 3.98. The Labute approximate surface area is 55.7 Å². The van der Waals surface area contributed by atoms with Crippen LogP contribution in [0, 0.1) is 5.41 Å². The Kier molecular flexibility index (Phi) is 2.43. The number of nitrogens with two attached hydrogens (primary N) is 1. The van der Waals surface area contributed by atoms with E-state index in [1.54, 1.807) is 6.08 Å². The topological polar surface area (TPSA) is 43.1 Å². The van der Waals surface area contributed by atoms with Gasteiger partial charge in [-0.2, -0.15) is 0 Å². The molecule has 0 aromatic rings. The van der Waals surface area contributed by atoms with Gasteiger partial charge in [0.25, 0.3) is 0 Å². The summed E-state index contributed by atoms with van der Waals surface area (Å²) >= 11 is 0. The molecule has 0 bridgehead atoms. The zero-order valence-electron chi connectivity index (χ0n) is 5.98. The molecule has 0 unspecified atom stereocenters. The second-order valence-electron chi connectivity index (χ2n) is 2.84. The van der Waals surface area contributed by atoms with E-state index in [9.17, 15) is 4.79 Å². The van der Waals surface area contributed by atoms with Crippen molar-refractivity contribution < 1.29 is 4.79 Å². The van der Waals surface area contributed by atoms with E-state index < -0.39 is 0 Å². The summed E-state index contributed by atoms with van der Waals surface area (Å²) in [5.74, 6) is -0.278. The van der Waals surface area contributed by atoms with Crippen molar-refractivity contribution in [3.8, 4) is 0 Å². The van der Waals surface area contributed by atoms with E-state index in [0.717, 1.165) is 0 Å². The van der Waals surface area contributed by atoms with Gasteiger partial charge >= 0.3 is 0 Å². The molecule has 1 amide bonds. The number of allylic oxidation sites excluding steroid dienone is 1. The van der Waals surface area contributed by atoms with E-state index in [4.69, 9.17) is 5.73 Å². The number of primary amides is 1. The van der Waals surface area contributed by atoms with Crippen LogP contribution in [-0.4, -0.2) is 5.91 Å². The van der Waals surface area contributed by atoms with Crippen LogP contribution in [0.5, 0.6) is 0 Å². The van der Waals surface area contributed by atoms with Gasteiger partial charge in [0.15, 0.2) is 0 Å². The van der Waals surface area contributed by atoms with Gasteiger partial charge in [0.2, 0.25) is 5.91 Å². The van der Waals surface area contributed by atoms with Gasteiger partial charge in [0.1, 0.15) is 0 Å². The summed E-state index contributed by atoms with van der Waals surface area (Å²) in [5.41, 5.74) is 4.82. The Bertz CT molecular complexity index is 127. The number of hydrogen-bond donors (Lipinski definition) is 1. The van der Waals surface area contributed by atoms with Gasteiger partial charge < -0.3 is 5.73 Å². The Morgan fingerprint density at radius 1 is 1.78 bits per heavy atom.